The molecule has 120 valence electrons. The third-order valence-electron chi connectivity index (χ3n) is 5.35. The minimum Gasteiger partial charge on any atom is -0.335 e. The predicted molar refractivity (Wildman–Crippen MR) is 89.6 cm³/mol. The highest BCUT2D eigenvalue weighted by atomic mass is 16.2. The molecule has 1 saturated heterocycles. The molecule has 2 unspecified atom stereocenters. The first-order valence-corrected chi connectivity index (χ1v) is 8.74. The number of carbonyl (C=O) groups excluding carboxylic acids is 1. The molecule has 1 aromatic heterocycles. The second-order valence-corrected chi connectivity index (χ2v) is 6.76. The van der Waals surface area contributed by atoms with Gasteiger partial charge in [0.15, 0.2) is 0 Å². The van der Waals surface area contributed by atoms with E-state index >= 15 is 0 Å². The zero-order valence-electron chi connectivity index (χ0n) is 13.4. The Morgan fingerprint density at radius 2 is 1.83 bits per heavy atom. The highest BCUT2D eigenvalue weighted by Gasteiger charge is 2.36. The van der Waals surface area contributed by atoms with Crippen LogP contribution in [0.4, 0.5) is 0 Å². The first-order chi connectivity index (χ1) is 11.3. The molecule has 2 aliphatic rings. The average molecular weight is 309 g/mol. The summed E-state index contributed by atoms with van der Waals surface area (Å²) in [6, 6.07) is 10.4. The molecule has 1 aliphatic heterocycles. The monoisotopic (exact) mass is 309 g/mol. The Morgan fingerprint density at radius 1 is 1.04 bits per heavy atom. The van der Waals surface area contributed by atoms with Crippen LogP contribution in [0.25, 0.3) is 5.69 Å². The van der Waals surface area contributed by atoms with Gasteiger partial charge in [0.05, 0.1) is 17.4 Å². The van der Waals surface area contributed by atoms with Gasteiger partial charge >= 0.3 is 0 Å². The molecule has 4 rings (SSSR count). The third kappa shape index (κ3) is 2.78. The summed E-state index contributed by atoms with van der Waals surface area (Å²) in [5.74, 6) is 0.870. The van der Waals surface area contributed by atoms with Crippen LogP contribution >= 0.6 is 0 Å². The van der Waals surface area contributed by atoms with Gasteiger partial charge < -0.3 is 4.90 Å². The Labute approximate surface area is 137 Å². The number of likely N-dealkylation sites (tertiary alicyclic amines) is 1. The molecule has 4 heteroatoms. The van der Waals surface area contributed by atoms with E-state index in [9.17, 15) is 4.79 Å². The number of benzene rings is 1. The molecule has 0 N–H and O–H groups in total. The smallest absolute Gasteiger partial charge is 0.257 e. The van der Waals surface area contributed by atoms with E-state index in [-0.39, 0.29) is 5.91 Å². The lowest BCUT2D eigenvalue weighted by molar-refractivity contribution is 0.0390. The molecule has 1 saturated carbocycles. The van der Waals surface area contributed by atoms with Gasteiger partial charge in [-0.05, 0) is 43.7 Å². The minimum atomic E-state index is 0.156. The van der Waals surface area contributed by atoms with Crippen molar-refractivity contribution in [1.82, 2.24) is 14.7 Å². The average Bonchev–Trinajstić information content (AvgIpc) is 3.11. The molecule has 1 amide bonds. The van der Waals surface area contributed by atoms with E-state index in [1.165, 1.54) is 32.1 Å². The van der Waals surface area contributed by atoms with Crippen LogP contribution in [0.3, 0.4) is 0 Å². The van der Waals surface area contributed by atoms with Crippen LogP contribution in [-0.4, -0.2) is 33.2 Å². The number of carbonyl (C=O) groups is 1. The SMILES string of the molecule is O=C(c1cnn(-c2ccccc2)c1)N1CCCC2CCCCC21. The Bertz CT molecular complexity index is 677. The fourth-order valence-electron chi connectivity index (χ4n) is 4.20. The van der Waals surface area contributed by atoms with Crippen molar-refractivity contribution >= 4 is 5.91 Å². The van der Waals surface area contributed by atoms with Gasteiger partial charge in [0.25, 0.3) is 5.91 Å². The molecule has 0 radical (unpaired) electrons. The van der Waals surface area contributed by atoms with E-state index in [1.54, 1.807) is 10.9 Å². The maximum atomic E-state index is 13.0. The van der Waals surface area contributed by atoms with E-state index in [1.807, 2.05) is 36.5 Å². The van der Waals surface area contributed by atoms with Gasteiger partial charge in [0.1, 0.15) is 0 Å². The standard InChI is InChI=1S/C19H23N3O/c23-19(21-12-6-8-15-7-4-5-11-18(15)21)16-13-20-22(14-16)17-9-2-1-3-10-17/h1-3,9-10,13-15,18H,4-8,11-12H2. The molecular weight excluding hydrogens is 286 g/mol. The molecule has 1 aromatic carbocycles. The van der Waals surface area contributed by atoms with Gasteiger partial charge in [-0.2, -0.15) is 5.10 Å². The highest BCUT2D eigenvalue weighted by Crippen LogP contribution is 2.35. The van der Waals surface area contributed by atoms with E-state index in [2.05, 4.69) is 10.00 Å². The van der Waals surface area contributed by atoms with Crippen molar-refractivity contribution in [3.63, 3.8) is 0 Å². The van der Waals surface area contributed by atoms with E-state index in [4.69, 9.17) is 0 Å². The second-order valence-electron chi connectivity index (χ2n) is 6.76. The lowest BCUT2D eigenvalue weighted by Gasteiger charge is -2.44. The van der Waals surface area contributed by atoms with Crippen LogP contribution in [0.2, 0.25) is 0 Å². The molecule has 2 aromatic rings. The van der Waals surface area contributed by atoms with Crippen LogP contribution in [-0.2, 0) is 0 Å². The van der Waals surface area contributed by atoms with Crippen molar-refractivity contribution in [2.75, 3.05) is 6.54 Å². The van der Waals surface area contributed by atoms with Crippen LogP contribution in [0.5, 0.6) is 0 Å². The Balaban J connectivity index is 1.56. The van der Waals surface area contributed by atoms with Gasteiger partial charge in [-0.25, -0.2) is 4.68 Å². The summed E-state index contributed by atoms with van der Waals surface area (Å²) in [6.07, 6.45) is 11.0. The van der Waals surface area contributed by atoms with Crippen LogP contribution < -0.4 is 0 Å². The zero-order chi connectivity index (χ0) is 15.6. The summed E-state index contributed by atoms with van der Waals surface area (Å²) in [6.45, 7) is 0.899. The van der Waals surface area contributed by atoms with Crippen molar-refractivity contribution in [2.45, 2.75) is 44.6 Å². The molecule has 23 heavy (non-hydrogen) atoms. The lowest BCUT2D eigenvalue weighted by atomic mass is 9.78. The van der Waals surface area contributed by atoms with Crippen molar-refractivity contribution in [3.05, 3.63) is 48.3 Å². The largest absolute Gasteiger partial charge is 0.335 e. The van der Waals surface area contributed by atoms with Crippen molar-refractivity contribution < 1.29 is 4.79 Å². The topological polar surface area (TPSA) is 38.1 Å². The van der Waals surface area contributed by atoms with Gasteiger partial charge in [-0.3, -0.25) is 4.79 Å². The number of piperidine rings is 1. The molecule has 1 aliphatic carbocycles. The molecule has 2 heterocycles. The quantitative estimate of drug-likeness (QED) is 0.849. The molecule has 4 nitrogen and oxygen atoms in total. The van der Waals surface area contributed by atoms with Gasteiger partial charge in [-0.15, -0.1) is 0 Å². The number of hydrogen-bond acceptors (Lipinski definition) is 2. The van der Waals surface area contributed by atoms with Gasteiger partial charge in [0, 0.05) is 18.8 Å². The predicted octanol–water partition coefficient (Wildman–Crippen LogP) is 3.67. The summed E-state index contributed by atoms with van der Waals surface area (Å²) >= 11 is 0. The second kappa shape index (κ2) is 6.19. The maximum absolute atomic E-state index is 13.0. The Hall–Kier alpha value is -2.10. The number of rotatable bonds is 2. The van der Waals surface area contributed by atoms with Gasteiger partial charge in [0.2, 0.25) is 0 Å². The number of aromatic nitrogens is 2. The minimum absolute atomic E-state index is 0.156. The van der Waals surface area contributed by atoms with Crippen LogP contribution in [0.15, 0.2) is 42.7 Å². The zero-order valence-corrected chi connectivity index (χ0v) is 13.4. The fraction of sp³-hybridized carbons (Fsp3) is 0.474. The fourth-order valence-corrected chi connectivity index (χ4v) is 4.20. The molecule has 2 atom stereocenters. The van der Waals surface area contributed by atoms with Crippen LogP contribution in [0.1, 0.15) is 48.9 Å². The maximum Gasteiger partial charge on any atom is 0.257 e. The Morgan fingerprint density at radius 3 is 2.70 bits per heavy atom. The number of fused-ring (bicyclic) bond motifs is 1. The summed E-state index contributed by atoms with van der Waals surface area (Å²) in [4.78, 5) is 15.1. The highest BCUT2D eigenvalue weighted by molar-refractivity contribution is 5.94. The number of amides is 1. The summed E-state index contributed by atoms with van der Waals surface area (Å²) in [5, 5.41) is 4.38. The van der Waals surface area contributed by atoms with Crippen molar-refractivity contribution in [3.8, 4) is 5.69 Å². The van der Waals surface area contributed by atoms with Crippen molar-refractivity contribution in [1.29, 1.82) is 0 Å². The van der Waals surface area contributed by atoms with E-state index < -0.39 is 0 Å². The molecular formula is C19H23N3O. The van der Waals surface area contributed by atoms with Crippen molar-refractivity contribution in [2.24, 2.45) is 5.92 Å². The Kier molecular flexibility index (Phi) is 3.90. The lowest BCUT2D eigenvalue weighted by Crippen LogP contribution is -2.49. The summed E-state index contributed by atoms with van der Waals surface area (Å²) < 4.78 is 1.79. The van der Waals surface area contributed by atoms with Crippen LogP contribution in [0, 0.1) is 5.92 Å². The number of para-hydroxylation sites is 1. The molecule has 0 bridgehead atoms. The normalized spacial score (nSPS) is 24.3. The summed E-state index contributed by atoms with van der Waals surface area (Å²) in [7, 11) is 0. The molecule has 0 spiro atoms. The van der Waals surface area contributed by atoms with Gasteiger partial charge in [-0.1, -0.05) is 31.0 Å². The third-order valence-corrected chi connectivity index (χ3v) is 5.35. The summed E-state index contributed by atoms with van der Waals surface area (Å²) in [5.41, 5.74) is 1.70. The first kappa shape index (κ1) is 14.5. The first-order valence-electron chi connectivity index (χ1n) is 8.74. The number of nitrogens with zero attached hydrogens (tertiary/aromatic N) is 3. The molecule has 2 fully saturated rings. The van der Waals surface area contributed by atoms with E-state index in [0.717, 1.165) is 18.7 Å². The van der Waals surface area contributed by atoms with E-state index in [0.29, 0.717) is 17.5 Å². The number of hydrogen-bond donors (Lipinski definition) is 0.